The maximum absolute atomic E-state index is 12.2. The molecule has 0 aliphatic carbocycles. The van der Waals surface area contributed by atoms with Crippen LogP contribution in [0.1, 0.15) is 12.1 Å². The van der Waals surface area contributed by atoms with Crippen molar-refractivity contribution in [2.24, 2.45) is 0 Å². The smallest absolute Gasteiger partial charge is 0.390 e. The van der Waals surface area contributed by atoms with Gasteiger partial charge in [0.05, 0.1) is 29.1 Å². The minimum Gasteiger partial charge on any atom is -0.435 e. The molecule has 0 bridgehead atoms. The van der Waals surface area contributed by atoms with Gasteiger partial charge in [0.1, 0.15) is 5.75 Å². The van der Waals surface area contributed by atoms with Gasteiger partial charge in [-0.2, -0.15) is 13.5 Å². The Morgan fingerprint density at radius 1 is 1.38 bits per heavy atom. The normalized spacial score (nSPS) is 10.9. The first-order chi connectivity index (χ1) is 13.8. The number of ether oxygens (including phenoxy) is 1. The molecular weight excluding hydrogens is 408 g/mol. The average molecular weight is 423 g/mol. The highest BCUT2D eigenvalue weighted by Gasteiger charge is 2.16. The van der Waals surface area contributed by atoms with E-state index in [2.05, 4.69) is 20.1 Å². The number of carbonyl (C=O) groups is 1. The summed E-state index contributed by atoms with van der Waals surface area (Å²) in [6, 6.07) is 7.33. The van der Waals surface area contributed by atoms with Gasteiger partial charge in [0.15, 0.2) is 5.13 Å². The van der Waals surface area contributed by atoms with Gasteiger partial charge >= 0.3 is 12.4 Å². The molecule has 152 valence electrons. The second-order valence-corrected chi connectivity index (χ2v) is 6.72. The number of thiazole rings is 1. The quantitative estimate of drug-likeness (QED) is 0.435. The van der Waals surface area contributed by atoms with Crippen LogP contribution < -0.4 is 10.1 Å². The van der Waals surface area contributed by atoms with Gasteiger partial charge in [-0.3, -0.25) is 4.79 Å². The van der Waals surface area contributed by atoms with E-state index in [1.54, 1.807) is 24.4 Å². The Labute approximate surface area is 167 Å². The van der Waals surface area contributed by atoms with E-state index in [1.165, 1.54) is 34.2 Å². The van der Waals surface area contributed by atoms with Crippen LogP contribution in [-0.4, -0.2) is 32.2 Å². The van der Waals surface area contributed by atoms with Crippen LogP contribution in [0.25, 0.3) is 11.3 Å². The molecule has 0 saturated carbocycles. The van der Waals surface area contributed by atoms with Crippen molar-refractivity contribution in [3.05, 3.63) is 51.5 Å². The number of alkyl halides is 2. The molecule has 0 fully saturated rings. The van der Waals surface area contributed by atoms with Crippen molar-refractivity contribution < 1.29 is 23.2 Å². The lowest BCUT2D eigenvalue weighted by molar-refractivity contribution is -0.389. The van der Waals surface area contributed by atoms with Gasteiger partial charge in [0.25, 0.3) is 0 Å². The Balaban J connectivity index is 1.57. The largest absolute Gasteiger partial charge is 0.435 e. The molecule has 0 aliphatic rings. The summed E-state index contributed by atoms with van der Waals surface area (Å²) in [5, 5.41) is 19.3. The molecular formula is C17H15F2N5O4S. The number of hydrogen-bond donors (Lipinski definition) is 1. The number of amides is 1. The zero-order valence-corrected chi connectivity index (χ0v) is 15.9. The number of nitrogens with zero attached hydrogens (tertiary/aromatic N) is 4. The number of nitrogens with one attached hydrogen (secondary N) is 1. The average Bonchev–Trinajstić information content (AvgIpc) is 3.27. The van der Waals surface area contributed by atoms with Gasteiger partial charge in [0.2, 0.25) is 5.91 Å². The van der Waals surface area contributed by atoms with E-state index in [-0.39, 0.29) is 30.4 Å². The van der Waals surface area contributed by atoms with Gasteiger partial charge in [-0.15, -0.1) is 11.3 Å². The minimum atomic E-state index is -2.89. The van der Waals surface area contributed by atoms with Gasteiger partial charge in [-0.1, -0.05) is 0 Å². The number of aryl methyl sites for hydroxylation is 2. The van der Waals surface area contributed by atoms with E-state index >= 15 is 0 Å². The summed E-state index contributed by atoms with van der Waals surface area (Å²) >= 11 is 1.21. The first-order valence-corrected chi connectivity index (χ1v) is 9.19. The van der Waals surface area contributed by atoms with Crippen LogP contribution in [0.5, 0.6) is 5.75 Å². The highest BCUT2D eigenvalue weighted by atomic mass is 32.1. The lowest BCUT2D eigenvalue weighted by Gasteiger charge is -2.04. The zero-order chi connectivity index (χ0) is 21.0. The fraction of sp³-hybridized carbons (Fsp3) is 0.235. The Bertz CT molecular complexity index is 1020. The molecule has 0 atom stereocenters. The molecule has 0 unspecified atom stereocenters. The van der Waals surface area contributed by atoms with Crippen LogP contribution >= 0.6 is 11.3 Å². The summed E-state index contributed by atoms with van der Waals surface area (Å²) in [6.45, 7) is -1.03. The van der Waals surface area contributed by atoms with Gasteiger partial charge < -0.3 is 20.2 Å². The number of carbonyl (C=O) groups excluding carboxylic acids is 1. The summed E-state index contributed by atoms with van der Waals surface area (Å²) < 4.78 is 30.1. The Kier molecular flexibility index (Phi) is 6.12. The fourth-order valence-electron chi connectivity index (χ4n) is 2.47. The van der Waals surface area contributed by atoms with Crippen molar-refractivity contribution in [3.63, 3.8) is 0 Å². The topological polar surface area (TPSA) is 112 Å². The summed E-state index contributed by atoms with van der Waals surface area (Å²) in [5.74, 6) is -0.539. The Morgan fingerprint density at radius 2 is 2.10 bits per heavy atom. The predicted octanol–water partition coefficient (Wildman–Crippen LogP) is 3.85. The summed E-state index contributed by atoms with van der Waals surface area (Å²) in [4.78, 5) is 26.6. The summed E-state index contributed by atoms with van der Waals surface area (Å²) in [6.07, 6.45) is 0.0637. The van der Waals surface area contributed by atoms with E-state index in [4.69, 9.17) is 0 Å². The third-order valence-electron chi connectivity index (χ3n) is 3.83. The number of rotatable bonds is 8. The minimum absolute atomic E-state index is 0.0432. The zero-order valence-electron chi connectivity index (χ0n) is 15.0. The van der Waals surface area contributed by atoms with Crippen LogP contribution in [0.15, 0.2) is 35.7 Å². The highest BCUT2D eigenvalue weighted by molar-refractivity contribution is 7.14. The van der Waals surface area contributed by atoms with Crippen LogP contribution in [0.3, 0.4) is 0 Å². The molecule has 29 heavy (non-hydrogen) atoms. The molecule has 2 aromatic heterocycles. The maximum atomic E-state index is 12.2. The maximum Gasteiger partial charge on any atom is 0.390 e. The number of halogens is 2. The lowest BCUT2D eigenvalue weighted by atomic mass is 10.2. The summed E-state index contributed by atoms with van der Waals surface area (Å²) in [5.41, 5.74) is 1.84. The molecule has 0 spiro atoms. The van der Waals surface area contributed by atoms with E-state index in [9.17, 15) is 23.7 Å². The Morgan fingerprint density at radius 3 is 2.72 bits per heavy atom. The molecule has 1 N–H and O–H groups in total. The fourth-order valence-corrected chi connectivity index (χ4v) is 3.20. The summed E-state index contributed by atoms with van der Waals surface area (Å²) in [7, 11) is 0. The van der Waals surface area contributed by atoms with Crippen molar-refractivity contribution in [2.45, 2.75) is 26.5 Å². The van der Waals surface area contributed by atoms with Crippen molar-refractivity contribution in [3.8, 4) is 17.0 Å². The molecule has 1 aromatic carbocycles. The van der Waals surface area contributed by atoms with Gasteiger partial charge in [-0.05, 0) is 36.1 Å². The number of nitro groups is 1. The standard InChI is InChI=1S/C17H15F2N5O4S/c1-10-8-14(24(26)27)22-23(10)7-6-15(25)21-17-20-13(9-29-17)11-2-4-12(5-3-11)28-16(18)19/h2-5,8-9,16H,6-7H2,1H3,(H,20,21,25). The van der Waals surface area contributed by atoms with Gasteiger partial charge in [0, 0.05) is 17.4 Å². The van der Waals surface area contributed by atoms with Crippen LogP contribution in [0, 0.1) is 17.0 Å². The number of hydrogen-bond acceptors (Lipinski definition) is 7. The lowest BCUT2D eigenvalue weighted by Crippen LogP contribution is -2.15. The predicted molar refractivity (Wildman–Crippen MR) is 101 cm³/mol. The third-order valence-corrected chi connectivity index (χ3v) is 4.59. The molecule has 3 rings (SSSR count). The highest BCUT2D eigenvalue weighted by Crippen LogP contribution is 2.27. The van der Waals surface area contributed by atoms with Crippen molar-refractivity contribution >= 4 is 28.2 Å². The molecule has 0 saturated heterocycles. The molecule has 12 heteroatoms. The molecule has 1 amide bonds. The molecule has 0 radical (unpaired) electrons. The number of anilines is 1. The first kappa shape index (κ1) is 20.3. The second-order valence-electron chi connectivity index (χ2n) is 5.86. The molecule has 2 heterocycles. The second kappa shape index (κ2) is 8.73. The van der Waals surface area contributed by atoms with E-state index in [0.717, 1.165) is 0 Å². The molecule has 3 aromatic rings. The first-order valence-electron chi connectivity index (χ1n) is 8.31. The Hall–Kier alpha value is -3.41. The van der Waals surface area contributed by atoms with Crippen molar-refractivity contribution in [1.82, 2.24) is 14.8 Å². The van der Waals surface area contributed by atoms with Crippen LogP contribution in [0.2, 0.25) is 0 Å². The van der Waals surface area contributed by atoms with Crippen molar-refractivity contribution in [2.75, 3.05) is 5.32 Å². The van der Waals surface area contributed by atoms with E-state index in [0.29, 0.717) is 22.1 Å². The van der Waals surface area contributed by atoms with Crippen LogP contribution in [-0.2, 0) is 11.3 Å². The monoisotopic (exact) mass is 423 g/mol. The van der Waals surface area contributed by atoms with Gasteiger partial charge in [-0.25, -0.2) is 4.98 Å². The number of aromatic nitrogens is 3. The SMILES string of the molecule is Cc1cc([N+](=O)[O-])nn1CCC(=O)Nc1nc(-c2ccc(OC(F)F)cc2)cs1. The van der Waals surface area contributed by atoms with E-state index < -0.39 is 11.5 Å². The molecule has 0 aliphatic heterocycles. The van der Waals surface area contributed by atoms with Crippen molar-refractivity contribution in [1.29, 1.82) is 0 Å². The number of benzene rings is 1. The van der Waals surface area contributed by atoms with Crippen LogP contribution in [0.4, 0.5) is 19.7 Å². The molecule has 9 nitrogen and oxygen atoms in total. The third kappa shape index (κ3) is 5.31. The van der Waals surface area contributed by atoms with E-state index in [1.807, 2.05) is 0 Å².